The molecule has 0 amide bonds. The highest BCUT2D eigenvalue weighted by Crippen LogP contribution is 2.35. The maximum Gasteiger partial charge on any atom is 0.157 e. The lowest BCUT2D eigenvalue weighted by molar-refractivity contribution is 0.112. The van der Waals surface area contributed by atoms with Gasteiger partial charge >= 0.3 is 0 Å². The third-order valence-corrected chi connectivity index (χ3v) is 5.72. The molecule has 0 bridgehead atoms. The molecule has 0 saturated heterocycles. The molecule has 6 heteroatoms. The van der Waals surface area contributed by atoms with Gasteiger partial charge in [-0.05, 0) is 48.2 Å². The van der Waals surface area contributed by atoms with Crippen molar-refractivity contribution in [2.45, 2.75) is 9.37 Å². The quantitative estimate of drug-likeness (QED) is 0.493. The molecule has 0 aliphatic carbocycles. The van der Waals surface area contributed by atoms with Crippen LogP contribution in [-0.2, 0) is 0 Å². The Morgan fingerprint density at radius 3 is 2.75 bits per heavy atom. The first-order valence-electron chi connectivity index (χ1n) is 7.24. The van der Waals surface area contributed by atoms with Gasteiger partial charge in [0.05, 0.1) is 22.8 Å². The summed E-state index contributed by atoms with van der Waals surface area (Å²) in [6.07, 6.45) is 0.835. The maximum atomic E-state index is 11.5. The monoisotopic (exact) mass is 352 g/mol. The van der Waals surface area contributed by atoms with Crippen LogP contribution in [0.3, 0.4) is 0 Å². The summed E-state index contributed by atoms with van der Waals surface area (Å²) in [5.41, 5.74) is 2.34. The smallest absolute Gasteiger partial charge is 0.157 e. The minimum atomic E-state index is 0.556. The molecule has 0 aliphatic heterocycles. The molecule has 118 valence electrons. The average Bonchev–Trinajstić information content (AvgIpc) is 3.03. The van der Waals surface area contributed by atoms with Gasteiger partial charge in [0.15, 0.2) is 10.6 Å². The molecule has 0 radical (unpaired) electrons. The van der Waals surface area contributed by atoms with Crippen molar-refractivity contribution in [3.63, 3.8) is 0 Å². The lowest BCUT2D eigenvalue weighted by Crippen LogP contribution is -1.92. The molecule has 0 fully saturated rings. The molecule has 4 rings (SSSR count). The third kappa shape index (κ3) is 2.74. The second kappa shape index (κ2) is 6.22. The van der Waals surface area contributed by atoms with Crippen molar-refractivity contribution in [2.75, 3.05) is 7.11 Å². The maximum absolute atomic E-state index is 11.5. The normalized spacial score (nSPS) is 11.0. The van der Waals surface area contributed by atoms with E-state index in [1.165, 1.54) is 11.8 Å². The fourth-order valence-corrected chi connectivity index (χ4v) is 4.47. The van der Waals surface area contributed by atoms with Gasteiger partial charge in [-0.1, -0.05) is 12.1 Å². The number of rotatable bonds is 4. The Kier molecular flexibility index (Phi) is 3.92. The molecule has 2 heterocycles. The number of carbonyl (C=O) groups excluding carboxylic acids is 1. The van der Waals surface area contributed by atoms with Crippen LogP contribution in [0.25, 0.3) is 21.1 Å². The number of hydrogen-bond donors (Lipinski definition) is 0. The van der Waals surface area contributed by atoms with Crippen LogP contribution < -0.4 is 4.74 Å². The van der Waals surface area contributed by atoms with E-state index in [0.717, 1.165) is 37.5 Å². The fraction of sp³-hybridized carbons (Fsp3) is 0.0556. The highest BCUT2D eigenvalue weighted by Gasteiger charge is 2.12. The van der Waals surface area contributed by atoms with Gasteiger partial charge in [-0.3, -0.25) is 4.79 Å². The van der Waals surface area contributed by atoms with E-state index >= 15 is 0 Å². The predicted octanol–water partition coefficient (Wildman–Crippen LogP) is 4.82. The first-order chi connectivity index (χ1) is 11.8. The van der Waals surface area contributed by atoms with Crippen molar-refractivity contribution in [1.29, 1.82) is 0 Å². The van der Waals surface area contributed by atoms with Crippen molar-refractivity contribution >= 4 is 50.5 Å². The Balaban J connectivity index is 1.78. The molecule has 0 N–H and O–H groups in total. The van der Waals surface area contributed by atoms with Crippen molar-refractivity contribution in [2.24, 2.45) is 0 Å². The molecule has 0 aliphatic rings. The van der Waals surface area contributed by atoms with Gasteiger partial charge in [-0.25, -0.2) is 9.97 Å². The van der Waals surface area contributed by atoms with Gasteiger partial charge < -0.3 is 4.74 Å². The Morgan fingerprint density at radius 1 is 1.08 bits per heavy atom. The highest BCUT2D eigenvalue weighted by atomic mass is 32.2. The summed E-state index contributed by atoms with van der Waals surface area (Å²) >= 11 is 3.02. The van der Waals surface area contributed by atoms with Crippen LogP contribution in [0.15, 0.2) is 57.9 Å². The molecule has 0 saturated carbocycles. The SMILES string of the molecule is COc1ccc2nc(Sc3nc4ccccc4s3)c(C=O)cc2c1. The first kappa shape index (κ1) is 15.1. The lowest BCUT2D eigenvalue weighted by atomic mass is 10.1. The van der Waals surface area contributed by atoms with Crippen LogP contribution in [0.2, 0.25) is 0 Å². The van der Waals surface area contributed by atoms with Gasteiger partial charge in [-0.15, -0.1) is 11.3 Å². The number of ether oxygens (including phenoxy) is 1. The summed E-state index contributed by atoms with van der Waals surface area (Å²) in [5, 5.41) is 1.55. The summed E-state index contributed by atoms with van der Waals surface area (Å²) in [7, 11) is 1.62. The molecule has 2 aromatic carbocycles. The minimum Gasteiger partial charge on any atom is -0.497 e. The standard InChI is InChI=1S/C18H12N2O2S2/c1-22-13-6-7-14-11(9-13)8-12(10-21)17(19-14)24-18-20-15-4-2-3-5-16(15)23-18/h2-10H,1H3. The van der Waals surface area contributed by atoms with E-state index in [4.69, 9.17) is 4.74 Å². The molecule has 0 atom stereocenters. The van der Waals surface area contributed by atoms with Crippen LogP contribution in [0.4, 0.5) is 0 Å². The van der Waals surface area contributed by atoms with Gasteiger partial charge in [0.2, 0.25) is 0 Å². The minimum absolute atomic E-state index is 0.556. The summed E-state index contributed by atoms with van der Waals surface area (Å²) in [5.74, 6) is 0.743. The zero-order valence-corrected chi connectivity index (χ0v) is 14.4. The highest BCUT2D eigenvalue weighted by molar-refractivity contribution is 8.01. The zero-order valence-electron chi connectivity index (χ0n) is 12.7. The lowest BCUT2D eigenvalue weighted by Gasteiger charge is -2.06. The molecule has 24 heavy (non-hydrogen) atoms. The molecule has 0 unspecified atom stereocenters. The van der Waals surface area contributed by atoms with E-state index in [1.54, 1.807) is 18.4 Å². The number of benzene rings is 2. The van der Waals surface area contributed by atoms with Crippen molar-refractivity contribution in [1.82, 2.24) is 9.97 Å². The second-order valence-corrected chi connectivity index (χ2v) is 7.38. The van der Waals surface area contributed by atoms with Gasteiger partial charge in [-0.2, -0.15) is 0 Å². The first-order valence-corrected chi connectivity index (χ1v) is 8.87. The number of aromatic nitrogens is 2. The van der Waals surface area contributed by atoms with Crippen molar-refractivity contribution < 1.29 is 9.53 Å². The van der Waals surface area contributed by atoms with E-state index in [2.05, 4.69) is 9.97 Å². The number of thiazole rings is 1. The number of para-hydroxylation sites is 1. The number of nitrogens with zero attached hydrogens (tertiary/aromatic N) is 2. The Bertz CT molecular complexity index is 1030. The van der Waals surface area contributed by atoms with Crippen LogP contribution in [0.5, 0.6) is 5.75 Å². The van der Waals surface area contributed by atoms with Crippen LogP contribution in [0.1, 0.15) is 10.4 Å². The number of methoxy groups -OCH3 is 1. The molecule has 0 spiro atoms. The Morgan fingerprint density at radius 2 is 1.96 bits per heavy atom. The summed E-state index contributed by atoms with van der Waals surface area (Å²) in [4.78, 5) is 20.7. The largest absolute Gasteiger partial charge is 0.497 e. The second-order valence-electron chi connectivity index (χ2n) is 5.11. The van der Waals surface area contributed by atoms with Crippen LogP contribution >= 0.6 is 23.1 Å². The number of fused-ring (bicyclic) bond motifs is 2. The average molecular weight is 352 g/mol. The van der Waals surface area contributed by atoms with Crippen molar-refractivity contribution in [3.05, 3.63) is 54.1 Å². The van der Waals surface area contributed by atoms with E-state index < -0.39 is 0 Å². The molecular formula is C18H12N2O2S2. The van der Waals surface area contributed by atoms with E-state index in [-0.39, 0.29) is 0 Å². The van der Waals surface area contributed by atoms with Crippen molar-refractivity contribution in [3.8, 4) is 5.75 Å². The number of hydrogen-bond acceptors (Lipinski definition) is 6. The van der Waals surface area contributed by atoms with E-state index in [9.17, 15) is 4.79 Å². The van der Waals surface area contributed by atoms with Gasteiger partial charge in [0.1, 0.15) is 10.8 Å². The predicted molar refractivity (Wildman–Crippen MR) is 97.4 cm³/mol. The summed E-state index contributed by atoms with van der Waals surface area (Å²) < 4.78 is 7.22. The van der Waals surface area contributed by atoms with E-state index in [1.807, 2.05) is 48.5 Å². The Hall–Kier alpha value is -2.44. The summed E-state index contributed by atoms with van der Waals surface area (Å²) in [6.45, 7) is 0. The number of carbonyl (C=O) groups is 1. The molecule has 2 aromatic heterocycles. The molecule has 4 aromatic rings. The molecular weight excluding hydrogens is 340 g/mol. The van der Waals surface area contributed by atoms with E-state index in [0.29, 0.717) is 10.6 Å². The fourth-order valence-electron chi connectivity index (χ4n) is 2.42. The third-order valence-electron chi connectivity index (χ3n) is 3.60. The zero-order chi connectivity index (χ0) is 16.5. The number of pyridine rings is 1. The van der Waals surface area contributed by atoms with Gasteiger partial charge in [0.25, 0.3) is 0 Å². The molecule has 4 nitrogen and oxygen atoms in total. The van der Waals surface area contributed by atoms with Crippen LogP contribution in [-0.4, -0.2) is 23.4 Å². The summed E-state index contributed by atoms with van der Waals surface area (Å²) in [6, 6.07) is 15.5. The number of aldehydes is 1. The Labute approximate surface area is 146 Å². The van der Waals surface area contributed by atoms with Gasteiger partial charge in [0, 0.05) is 10.9 Å². The topological polar surface area (TPSA) is 52.1 Å². The van der Waals surface area contributed by atoms with Crippen LogP contribution in [0, 0.1) is 0 Å².